The van der Waals surface area contributed by atoms with E-state index in [2.05, 4.69) is 11.8 Å². The van der Waals surface area contributed by atoms with Crippen LogP contribution in [0, 0.1) is 17.7 Å². The van der Waals surface area contributed by atoms with Crippen LogP contribution >= 0.6 is 0 Å². The van der Waals surface area contributed by atoms with Crippen LogP contribution in [0.25, 0.3) is 0 Å². The maximum Gasteiger partial charge on any atom is 0.124 e. The summed E-state index contributed by atoms with van der Waals surface area (Å²) in [5.41, 5.74) is 6.74. The molecule has 0 bridgehead atoms. The molecule has 0 atom stereocenters. The van der Waals surface area contributed by atoms with E-state index < -0.39 is 0 Å². The molecule has 0 saturated carbocycles. The predicted octanol–water partition coefficient (Wildman–Crippen LogP) is 0.628. The molecule has 1 aromatic carbocycles. The Morgan fingerprint density at radius 2 is 2.23 bits per heavy atom. The minimum absolute atomic E-state index is 0.236. The van der Waals surface area contributed by atoms with Crippen molar-refractivity contribution >= 4 is 0 Å². The lowest BCUT2D eigenvalue weighted by atomic mass is 10.1. The predicted molar refractivity (Wildman–Crippen MR) is 48.3 cm³/mol. The minimum atomic E-state index is -0.348. The lowest BCUT2D eigenvalue weighted by Gasteiger charge is -2.00. The summed E-state index contributed by atoms with van der Waals surface area (Å²) in [6.45, 7) is 0.0796. The molecule has 0 unspecified atom stereocenters. The van der Waals surface area contributed by atoms with Gasteiger partial charge < -0.3 is 10.8 Å². The Morgan fingerprint density at radius 3 is 2.85 bits per heavy atom. The van der Waals surface area contributed by atoms with Gasteiger partial charge in [0.2, 0.25) is 0 Å². The molecular weight excluding hydrogens is 169 g/mol. The third kappa shape index (κ3) is 2.55. The van der Waals surface area contributed by atoms with Crippen LogP contribution in [0.3, 0.4) is 0 Å². The molecule has 0 aliphatic carbocycles. The lowest BCUT2D eigenvalue weighted by Crippen LogP contribution is -1.99. The third-order valence-corrected chi connectivity index (χ3v) is 1.59. The second kappa shape index (κ2) is 4.61. The molecule has 1 aromatic rings. The van der Waals surface area contributed by atoms with Gasteiger partial charge in [-0.25, -0.2) is 4.39 Å². The topological polar surface area (TPSA) is 46.2 Å². The summed E-state index contributed by atoms with van der Waals surface area (Å²) in [6.07, 6.45) is 0. The van der Waals surface area contributed by atoms with Crippen LogP contribution in [-0.4, -0.2) is 11.7 Å². The molecule has 2 nitrogen and oxygen atoms in total. The average molecular weight is 179 g/mol. The fourth-order valence-corrected chi connectivity index (χ4v) is 0.978. The molecule has 0 heterocycles. The van der Waals surface area contributed by atoms with Crippen molar-refractivity contribution in [1.29, 1.82) is 0 Å². The summed E-state index contributed by atoms with van der Waals surface area (Å²) in [5, 5.41) is 8.46. The summed E-state index contributed by atoms with van der Waals surface area (Å²) < 4.78 is 12.7. The van der Waals surface area contributed by atoms with Crippen LogP contribution in [0.15, 0.2) is 18.2 Å². The molecule has 3 N–H and O–H groups in total. The molecule has 13 heavy (non-hydrogen) atoms. The van der Waals surface area contributed by atoms with Crippen molar-refractivity contribution in [2.75, 3.05) is 6.61 Å². The summed E-state index contributed by atoms with van der Waals surface area (Å²) in [5.74, 6) is 4.74. The van der Waals surface area contributed by atoms with Crippen molar-refractivity contribution in [2.45, 2.75) is 6.54 Å². The van der Waals surface area contributed by atoms with E-state index in [-0.39, 0.29) is 12.4 Å². The number of halogens is 1. The van der Waals surface area contributed by atoms with E-state index in [4.69, 9.17) is 10.8 Å². The Labute approximate surface area is 76.2 Å². The van der Waals surface area contributed by atoms with Crippen molar-refractivity contribution < 1.29 is 9.50 Å². The van der Waals surface area contributed by atoms with E-state index in [1.807, 2.05) is 0 Å². The molecule has 0 spiro atoms. The lowest BCUT2D eigenvalue weighted by molar-refractivity contribution is 0.350. The zero-order valence-electron chi connectivity index (χ0n) is 7.05. The van der Waals surface area contributed by atoms with Gasteiger partial charge in [-0.15, -0.1) is 0 Å². The smallest absolute Gasteiger partial charge is 0.124 e. The van der Waals surface area contributed by atoms with E-state index in [0.717, 1.165) is 5.56 Å². The second-order valence-corrected chi connectivity index (χ2v) is 2.47. The standard InChI is InChI=1S/C10H10FNO/c11-10-4-3-9(7-12)8(6-10)2-1-5-13/h3-4,6,13H,5,7,12H2. The van der Waals surface area contributed by atoms with E-state index in [1.165, 1.54) is 12.1 Å². The number of hydrogen-bond donors (Lipinski definition) is 2. The van der Waals surface area contributed by atoms with Crippen LogP contribution in [0.5, 0.6) is 0 Å². The van der Waals surface area contributed by atoms with Gasteiger partial charge in [0, 0.05) is 12.1 Å². The number of aliphatic hydroxyl groups excluding tert-OH is 1. The van der Waals surface area contributed by atoms with Gasteiger partial charge in [0.1, 0.15) is 12.4 Å². The fourth-order valence-electron chi connectivity index (χ4n) is 0.978. The first-order valence-electron chi connectivity index (χ1n) is 3.86. The highest BCUT2D eigenvalue weighted by molar-refractivity contribution is 5.41. The molecule has 0 aliphatic rings. The maximum absolute atomic E-state index is 12.7. The highest BCUT2D eigenvalue weighted by atomic mass is 19.1. The first-order chi connectivity index (χ1) is 6.27. The van der Waals surface area contributed by atoms with E-state index in [1.54, 1.807) is 6.07 Å². The number of nitrogens with two attached hydrogens (primary N) is 1. The second-order valence-electron chi connectivity index (χ2n) is 2.47. The van der Waals surface area contributed by atoms with Gasteiger partial charge in [-0.1, -0.05) is 17.9 Å². The first kappa shape index (κ1) is 9.72. The van der Waals surface area contributed by atoms with E-state index >= 15 is 0 Å². The first-order valence-corrected chi connectivity index (χ1v) is 3.86. The van der Waals surface area contributed by atoms with Crippen LogP contribution < -0.4 is 5.73 Å². The Balaban J connectivity index is 3.08. The Bertz CT molecular complexity index is 352. The zero-order chi connectivity index (χ0) is 9.68. The van der Waals surface area contributed by atoms with Gasteiger partial charge in [0.05, 0.1) is 0 Å². The van der Waals surface area contributed by atoms with Crippen LogP contribution in [0.2, 0.25) is 0 Å². The quantitative estimate of drug-likeness (QED) is 0.621. The Kier molecular flexibility index (Phi) is 3.44. The van der Waals surface area contributed by atoms with Gasteiger partial charge in [-0.2, -0.15) is 0 Å². The van der Waals surface area contributed by atoms with Crippen LogP contribution in [-0.2, 0) is 6.54 Å². The molecule has 1 rings (SSSR count). The Hall–Kier alpha value is -1.37. The van der Waals surface area contributed by atoms with Gasteiger partial charge in [-0.3, -0.25) is 0 Å². The normalized spacial score (nSPS) is 9.15. The van der Waals surface area contributed by atoms with Crippen molar-refractivity contribution in [3.63, 3.8) is 0 Å². The minimum Gasteiger partial charge on any atom is -0.384 e. The summed E-state index contributed by atoms with van der Waals surface area (Å²) in [4.78, 5) is 0. The van der Waals surface area contributed by atoms with Crippen LogP contribution in [0.4, 0.5) is 4.39 Å². The van der Waals surface area contributed by atoms with Gasteiger partial charge in [-0.05, 0) is 17.7 Å². The number of aliphatic hydroxyl groups is 1. The van der Waals surface area contributed by atoms with Crippen molar-refractivity contribution in [3.8, 4) is 11.8 Å². The SMILES string of the molecule is NCc1ccc(F)cc1C#CCO. The number of hydrogen-bond acceptors (Lipinski definition) is 2. The van der Waals surface area contributed by atoms with Crippen molar-refractivity contribution in [2.24, 2.45) is 5.73 Å². The highest BCUT2D eigenvalue weighted by Crippen LogP contribution is 2.09. The number of rotatable bonds is 1. The molecule has 0 fully saturated rings. The molecule has 0 aliphatic heterocycles. The summed E-state index contributed by atoms with van der Waals surface area (Å²) in [7, 11) is 0. The molecule has 0 amide bonds. The third-order valence-electron chi connectivity index (χ3n) is 1.59. The molecule has 3 heteroatoms. The monoisotopic (exact) mass is 179 g/mol. The van der Waals surface area contributed by atoms with Gasteiger partial charge in [0.25, 0.3) is 0 Å². The van der Waals surface area contributed by atoms with Crippen molar-refractivity contribution in [1.82, 2.24) is 0 Å². The number of benzene rings is 1. The summed E-state index contributed by atoms with van der Waals surface area (Å²) in [6, 6.07) is 4.24. The fraction of sp³-hybridized carbons (Fsp3) is 0.200. The maximum atomic E-state index is 12.7. The summed E-state index contributed by atoms with van der Waals surface area (Å²) >= 11 is 0. The zero-order valence-corrected chi connectivity index (χ0v) is 7.05. The van der Waals surface area contributed by atoms with E-state index in [0.29, 0.717) is 12.1 Å². The van der Waals surface area contributed by atoms with E-state index in [9.17, 15) is 4.39 Å². The van der Waals surface area contributed by atoms with Gasteiger partial charge in [0.15, 0.2) is 0 Å². The molecule has 0 saturated heterocycles. The van der Waals surface area contributed by atoms with Gasteiger partial charge >= 0.3 is 0 Å². The highest BCUT2D eigenvalue weighted by Gasteiger charge is 1.98. The molecular formula is C10H10FNO. The van der Waals surface area contributed by atoms with Crippen molar-refractivity contribution in [3.05, 3.63) is 35.1 Å². The molecule has 68 valence electrons. The Morgan fingerprint density at radius 1 is 1.46 bits per heavy atom. The molecule has 0 radical (unpaired) electrons. The van der Waals surface area contributed by atoms with Crippen LogP contribution in [0.1, 0.15) is 11.1 Å². The molecule has 0 aromatic heterocycles. The average Bonchev–Trinajstić information content (AvgIpc) is 2.15. The largest absolute Gasteiger partial charge is 0.384 e.